The quantitative estimate of drug-likeness (QED) is 0.594. The van der Waals surface area contributed by atoms with Gasteiger partial charge in [0.1, 0.15) is 5.60 Å². The first-order valence-electron chi connectivity index (χ1n) is 10.3. The van der Waals surface area contributed by atoms with E-state index in [1.54, 1.807) is 32.6 Å². The van der Waals surface area contributed by atoms with Crippen LogP contribution in [0.3, 0.4) is 0 Å². The van der Waals surface area contributed by atoms with Gasteiger partial charge in [-0.1, -0.05) is 0 Å². The van der Waals surface area contributed by atoms with E-state index in [0.29, 0.717) is 4.90 Å². The lowest BCUT2D eigenvalue weighted by atomic mass is 9.95. The van der Waals surface area contributed by atoms with Crippen molar-refractivity contribution in [3.63, 3.8) is 0 Å². The number of halogens is 5. The molecule has 6 nitrogen and oxygen atoms in total. The van der Waals surface area contributed by atoms with Gasteiger partial charge in [0.25, 0.3) is 0 Å². The highest BCUT2D eigenvalue weighted by atomic mass is 19.4. The Kier molecular flexibility index (Phi) is 6.32. The highest BCUT2D eigenvalue weighted by molar-refractivity contribution is 5.82. The first-order chi connectivity index (χ1) is 14.7. The molecule has 32 heavy (non-hydrogen) atoms. The summed E-state index contributed by atoms with van der Waals surface area (Å²) in [4.78, 5) is 28.0. The minimum atomic E-state index is -5.05. The fraction of sp³-hybridized carbons (Fsp3) is 0.619. The lowest BCUT2D eigenvalue weighted by Crippen LogP contribution is -2.55. The number of hydrogen-bond donors (Lipinski definition) is 0. The number of amides is 2. The Morgan fingerprint density at radius 2 is 1.72 bits per heavy atom. The summed E-state index contributed by atoms with van der Waals surface area (Å²) in [5.41, 5.74) is -0.310. The van der Waals surface area contributed by atoms with Crippen molar-refractivity contribution in [2.24, 2.45) is 0 Å². The van der Waals surface area contributed by atoms with Gasteiger partial charge in [-0.25, -0.2) is 13.6 Å². The van der Waals surface area contributed by atoms with E-state index in [-0.39, 0.29) is 55.5 Å². The number of benzene rings is 1. The summed E-state index contributed by atoms with van der Waals surface area (Å²) in [5, 5.41) is 0. The van der Waals surface area contributed by atoms with Crippen molar-refractivity contribution < 1.29 is 36.3 Å². The lowest BCUT2D eigenvalue weighted by Gasteiger charge is -2.42. The largest absolute Gasteiger partial charge is 0.471 e. The predicted octanol–water partition coefficient (Wildman–Crippen LogP) is 3.86. The molecule has 1 aromatic rings. The molecule has 0 bridgehead atoms. The van der Waals surface area contributed by atoms with E-state index in [2.05, 4.69) is 0 Å². The molecule has 1 atom stereocenters. The second-order valence-corrected chi connectivity index (χ2v) is 9.09. The van der Waals surface area contributed by atoms with Crippen molar-refractivity contribution in [1.82, 2.24) is 9.80 Å². The number of hydrogen-bond acceptors (Lipinski definition) is 4. The Morgan fingerprint density at radius 1 is 1.06 bits per heavy atom. The van der Waals surface area contributed by atoms with Gasteiger partial charge in [0, 0.05) is 56.1 Å². The summed E-state index contributed by atoms with van der Waals surface area (Å²) >= 11 is 0. The topological polar surface area (TPSA) is 53.1 Å². The molecule has 0 saturated carbocycles. The molecule has 1 aromatic carbocycles. The molecule has 178 valence electrons. The Balaban J connectivity index is 1.86. The van der Waals surface area contributed by atoms with E-state index in [4.69, 9.17) is 4.74 Å². The minimum Gasteiger partial charge on any atom is -0.444 e. The maximum Gasteiger partial charge on any atom is 0.471 e. The van der Waals surface area contributed by atoms with Gasteiger partial charge in [-0.3, -0.25) is 4.79 Å². The van der Waals surface area contributed by atoms with Gasteiger partial charge in [0.15, 0.2) is 11.6 Å². The van der Waals surface area contributed by atoms with Crippen molar-refractivity contribution in [1.29, 1.82) is 0 Å². The van der Waals surface area contributed by atoms with Crippen LogP contribution in [0.2, 0.25) is 0 Å². The molecule has 0 unspecified atom stereocenters. The van der Waals surface area contributed by atoms with Crippen LogP contribution in [0.5, 0.6) is 0 Å². The molecule has 2 heterocycles. The number of carbonyl (C=O) groups is 2. The van der Waals surface area contributed by atoms with Crippen molar-refractivity contribution in [2.75, 3.05) is 31.1 Å². The molecular weight excluding hydrogens is 437 g/mol. The summed E-state index contributed by atoms with van der Waals surface area (Å²) in [6.45, 7) is 6.89. The fourth-order valence-corrected chi connectivity index (χ4v) is 4.06. The molecule has 0 N–H and O–H groups in total. The third-order valence-electron chi connectivity index (χ3n) is 5.52. The Hall–Kier alpha value is -2.59. The number of fused-ring (bicyclic) bond motifs is 1. The van der Waals surface area contributed by atoms with Gasteiger partial charge in [0.2, 0.25) is 0 Å². The number of anilines is 1. The Labute approximate surface area is 182 Å². The molecule has 0 radical (unpaired) electrons. The van der Waals surface area contributed by atoms with E-state index in [1.807, 2.05) is 0 Å². The molecule has 0 spiro atoms. The van der Waals surface area contributed by atoms with Crippen LogP contribution in [0.15, 0.2) is 6.07 Å². The normalized spacial score (nSPS) is 19.7. The maximum absolute atomic E-state index is 14.4. The highest BCUT2D eigenvalue weighted by Gasteiger charge is 2.44. The fourth-order valence-electron chi connectivity index (χ4n) is 4.06. The first kappa shape index (κ1) is 24.1. The van der Waals surface area contributed by atoms with Crippen LogP contribution in [0, 0.1) is 11.6 Å². The molecule has 11 heteroatoms. The van der Waals surface area contributed by atoms with Crippen LogP contribution in [0.4, 0.5) is 32.4 Å². The molecule has 0 aromatic heterocycles. The van der Waals surface area contributed by atoms with E-state index < -0.39 is 42.0 Å². The molecule has 2 aliphatic rings. The van der Waals surface area contributed by atoms with Crippen LogP contribution < -0.4 is 4.90 Å². The standard InChI is InChI=1S/C21H26F5N3O3/c1-12-10-27(7-8-29(12)19(31)32-20(2,3)4)16-9-15(22)17(23)13-5-6-28(11-14(13)16)18(30)21(24,25)26/h9,12H,5-8,10-11H2,1-4H3/t12-/m1/s1. The van der Waals surface area contributed by atoms with Gasteiger partial charge in [-0.2, -0.15) is 13.2 Å². The van der Waals surface area contributed by atoms with E-state index in [1.165, 1.54) is 4.90 Å². The molecule has 2 aliphatic heterocycles. The number of rotatable bonds is 1. The van der Waals surface area contributed by atoms with Crippen molar-refractivity contribution in [2.45, 2.75) is 58.5 Å². The summed E-state index contributed by atoms with van der Waals surface area (Å²) in [7, 11) is 0. The number of alkyl halides is 3. The van der Waals surface area contributed by atoms with Crippen molar-refractivity contribution in [3.05, 3.63) is 28.8 Å². The predicted molar refractivity (Wildman–Crippen MR) is 106 cm³/mol. The minimum absolute atomic E-state index is 0.0200. The van der Waals surface area contributed by atoms with Crippen molar-refractivity contribution in [3.8, 4) is 0 Å². The van der Waals surface area contributed by atoms with E-state index in [9.17, 15) is 31.5 Å². The van der Waals surface area contributed by atoms with Crippen LogP contribution in [-0.4, -0.2) is 65.8 Å². The molecule has 0 aliphatic carbocycles. The monoisotopic (exact) mass is 463 g/mol. The third-order valence-corrected chi connectivity index (χ3v) is 5.52. The molecule has 1 saturated heterocycles. The molecular formula is C21H26F5N3O3. The summed E-state index contributed by atoms with van der Waals surface area (Å²) < 4.78 is 72.8. The maximum atomic E-state index is 14.4. The average Bonchev–Trinajstić information content (AvgIpc) is 2.67. The zero-order chi connectivity index (χ0) is 24.0. The molecule has 3 rings (SSSR count). The van der Waals surface area contributed by atoms with Crippen molar-refractivity contribution >= 4 is 17.7 Å². The smallest absolute Gasteiger partial charge is 0.444 e. The van der Waals surface area contributed by atoms with Crippen LogP contribution >= 0.6 is 0 Å². The van der Waals surface area contributed by atoms with Gasteiger partial charge in [-0.15, -0.1) is 0 Å². The van der Waals surface area contributed by atoms with E-state index in [0.717, 1.165) is 6.07 Å². The highest BCUT2D eigenvalue weighted by Crippen LogP contribution is 2.35. The van der Waals surface area contributed by atoms with Crippen LogP contribution in [-0.2, 0) is 22.5 Å². The van der Waals surface area contributed by atoms with E-state index >= 15 is 0 Å². The second-order valence-electron chi connectivity index (χ2n) is 9.09. The van der Waals surface area contributed by atoms with Crippen LogP contribution in [0.25, 0.3) is 0 Å². The van der Waals surface area contributed by atoms with Gasteiger partial charge < -0.3 is 19.4 Å². The van der Waals surface area contributed by atoms with Gasteiger partial charge >= 0.3 is 18.2 Å². The lowest BCUT2D eigenvalue weighted by molar-refractivity contribution is -0.186. The number of nitrogens with zero attached hydrogens (tertiary/aromatic N) is 3. The average molecular weight is 463 g/mol. The Morgan fingerprint density at radius 3 is 2.28 bits per heavy atom. The number of carbonyl (C=O) groups excluding carboxylic acids is 2. The van der Waals surface area contributed by atoms with Gasteiger partial charge in [-0.05, 0) is 39.7 Å². The first-order valence-corrected chi connectivity index (χ1v) is 10.3. The second kappa shape index (κ2) is 8.40. The SMILES string of the molecule is C[C@@H]1CN(c2cc(F)c(F)c3c2CN(C(=O)C(F)(F)F)CC3)CCN1C(=O)OC(C)(C)C. The zero-order valence-electron chi connectivity index (χ0n) is 18.4. The summed E-state index contributed by atoms with van der Waals surface area (Å²) in [5.74, 6) is -4.22. The summed E-state index contributed by atoms with van der Waals surface area (Å²) in [6.07, 6.45) is -5.77. The number of piperazine rings is 1. The zero-order valence-corrected chi connectivity index (χ0v) is 18.4. The third kappa shape index (κ3) is 4.91. The molecule has 1 fully saturated rings. The summed E-state index contributed by atoms with van der Waals surface area (Å²) in [6, 6.07) is 0.602. The molecule has 2 amide bonds. The number of ether oxygens (including phenoxy) is 1. The Bertz CT molecular complexity index is 913. The van der Waals surface area contributed by atoms with Crippen LogP contribution in [0.1, 0.15) is 38.8 Å². The van der Waals surface area contributed by atoms with Gasteiger partial charge in [0.05, 0.1) is 0 Å².